The molecule has 2 aromatic rings. The molecule has 3 rings (SSSR count). The van der Waals surface area contributed by atoms with Gasteiger partial charge < -0.3 is 9.72 Å². The minimum atomic E-state index is 0.483. The van der Waals surface area contributed by atoms with Gasteiger partial charge in [-0.25, -0.2) is 0 Å². The van der Waals surface area contributed by atoms with Crippen molar-refractivity contribution in [2.45, 2.75) is 12.5 Å². The fraction of sp³-hybridized carbons (Fsp3) is 0.273. The molecule has 1 aromatic carbocycles. The van der Waals surface area contributed by atoms with Crippen molar-refractivity contribution in [3.8, 4) is 0 Å². The van der Waals surface area contributed by atoms with Crippen LogP contribution in [0.1, 0.15) is 5.56 Å². The van der Waals surface area contributed by atoms with Crippen LogP contribution >= 0.6 is 0 Å². The van der Waals surface area contributed by atoms with E-state index in [1.165, 1.54) is 16.5 Å². The molecule has 1 aromatic heterocycles. The first-order chi connectivity index (χ1) is 6.42. The molecule has 2 nitrogen and oxygen atoms in total. The predicted molar refractivity (Wildman–Crippen MR) is 51.7 cm³/mol. The number of aromatic nitrogens is 1. The number of nitrogens with one attached hydrogen (secondary N) is 1. The zero-order chi connectivity index (χ0) is 8.67. The van der Waals surface area contributed by atoms with E-state index < -0.39 is 0 Å². The second kappa shape index (κ2) is 2.60. The van der Waals surface area contributed by atoms with E-state index in [4.69, 9.17) is 4.74 Å². The summed E-state index contributed by atoms with van der Waals surface area (Å²) in [7, 11) is 0. The van der Waals surface area contributed by atoms with Crippen molar-refractivity contribution in [3.63, 3.8) is 0 Å². The average molecular weight is 173 g/mol. The fourth-order valence-corrected chi connectivity index (χ4v) is 1.68. The monoisotopic (exact) mass is 173 g/mol. The topological polar surface area (TPSA) is 28.3 Å². The summed E-state index contributed by atoms with van der Waals surface area (Å²) in [5.41, 5.74) is 2.58. The standard InChI is InChI=1S/C11H11NO/c1-2-11-9(3-4-12-11)5-8(1)6-10-7-13-10/h1-5,10,12H,6-7H2. The van der Waals surface area contributed by atoms with Crippen molar-refractivity contribution in [2.24, 2.45) is 0 Å². The van der Waals surface area contributed by atoms with Crippen LogP contribution in [0.2, 0.25) is 0 Å². The van der Waals surface area contributed by atoms with Crippen LogP contribution in [0.5, 0.6) is 0 Å². The van der Waals surface area contributed by atoms with Crippen LogP contribution in [0.4, 0.5) is 0 Å². The quantitative estimate of drug-likeness (QED) is 0.692. The molecule has 1 fully saturated rings. The number of hydrogen-bond acceptors (Lipinski definition) is 1. The number of rotatable bonds is 2. The summed E-state index contributed by atoms with van der Waals surface area (Å²) in [6, 6.07) is 8.63. The Kier molecular flexibility index (Phi) is 1.43. The van der Waals surface area contributed by atoms with Gasteiger partial charge in [0.1, 0.15) is 0 Å². The minimum Gasteiger partial charge on any atom is -0.373 e. The lowest BCUT2D eigenvalue weighted by atomic mass is 10.1. The van der Waals surface area contributed by atoms with Gasteiger partial charge in [0.15, 0.2) is 0 Å². The lowest BCUT2D eigenvalue weighted by Crippen LogP contribution is -1.91. The number of H-pyrrole nitrogens is 1. The van der Waals surface area contributed by atoms with E-state index in [-0.39, 0.29) is 0 Å². The lowest BCUT2D eigenvalue weighted by Gasteiger charge is -1.97. The Morgan fingerprint density at radius 1 is 1.38 bits per heavy atom. The summed E-state index contributed by atoms with van der Waals surface area (Å²) in [5.74, 6) is 0. The molecule has 0 bridgehead atoms. The molecule has 1 aliphatic heterocycles. The highest BCUT2D eigenvalue weighted by Crippen LogP contribution is 2.19. The molecule has 66 valence electrons. The molecule has 2 heterocycles. The molecule has 0 aliphatic carbocycles. The number of epoxide rings is 1. The predicted octanol–water partition coefficient (Wildman–Crippen LogP) is 2.11. The van der Waals surface area contributed by atoms with Gasteiger partial charge in [0.25, 0.3) is 0 Å². The highest BCUT2D eigenvalue weighted by atomic mass is 16.6. The van der Waals surface area contributed by atoms with Crippen LogP contribution in [0.25, 0.3) is 10.9 Å². The summed E-state index contributed by atoms with van der Waals surface area (Å²) in [6.45, 7) is 0.936. The van der Waals surface area contributed by atoms with Gasteiger partial charge in [0, 0.05) is 18.1 Å². The zero-order valence-electron chi connectivity index (χ0n) is 7.29. The summed E-state index contributed by atoms with van der Waals surface area (Å²) in [6.07, 6.45) is 3.51. The number of hydrogen-bond donors (Lipinski definition) is 1. The van der Waals surface area contributed by atoms with Gasteiger partial charge in [-0.2, -0.15) is 0 Å². The van der Waals surface area contributed by atoms with E-state index in [1.807, 2.05) is 6.20 Å². The van der Waals surface area contributed by atoms with Crippen LogP contribution in [-0.4, -0.2) is 17.7 Å². The van der Waals surface area contributed by atoms with Gasteiger partial charge in [-0.3, -0.25) is 0 Å². The summed E-state index contributed by atoms with van der Waals surface area (Å²) in [4.78, 5) is 3.18. The van der Waals surface area contributed by atoms with Crippen LogP contribution in [0.3, 0.4) is 0 Å². The first kappa shape index (κ1) is 7.15. The van der Waals surface area contributed by atoms with E-state index >= 15 is 0 Å². The molecule has 2 heteroatoms. The van der Waals surface area contributed by atoms with E-state index in [1.54, 1.807) is 0 Å². The second-order valence-corrected chi connectivity index (χ2v) is 3.56. The minimum absolute atomic E-state index is 0.483. The molecule has 13 heavy (non-hydrogen) atoms. The fourth-order valence-electron chi connectivity index (χ4n) is 1.68. The van der Waals surface area contributed by atoms with Gasteiger partial charge in [0.05, 0.1) is 12.7 Å². The maximum absolute atomic E-state index is 5.20. The molecule has 0 amide bonds. The first-order valence-corrected chi connectivity index (χ1v) is 4.59. The van der Waals surface area contributed by atoms with Crippen molar-refractivity contribution < 1.29 is 4.74 Å². The molecular weight excluding hydrogens is 162 g/mol. The molecule has 1 N–H and O–H groups in total. The summed E-state index contributed by atoms with van der Waals surface area (Å²) < 4.78 is 5.20. The normalized spacial score (nSPS) is 20.8. The Morgan fingerprint density at radius 3 is 3.15 bits per heavy atom. The third kappa shape index (κ3) is 1.33. The van der Waals surface area contributed by atoms with Crippen LogP contribution in [-0.2, 0) is 11.2 Å². The summed E-state index contributed by atoms with van der Waals surface area (Å²) in [5, 5.41) is 1.29. The Morgan fingerprint density at radius 2 is 2.31 bits per heavy atom. The third-order valence-electron chi connectivity index (χ3n) is 2.48. The lowest BCUT2D eigenvalue weighted by molar-refractivity contribution is 0.407. The number of aromatic amines is 1. The molecule has 1 aliphatic rings. The molecule has 1 unspecified atom stereocenters. The highest BCUT2D eigenvalue weighted by molar-refractivity contribution is 5.79. The highest BCUT2D eigenvalue weighted by Gasteiger charge is 2.22. The molecule has 0 spiro atoms. The van der Waals surface area contributed by atoms with Crippen LogP contribution < -0.4 is 0 Å². The second-order valence-electron chi connectivity index (χ2n) is 3.56. The Balaban J connectivity index is 1.99. The van der Waals surface area contributed by atoms with Gasteiger partial charge in [-0.05, 0) is 29.1 Å². The molecule has 1 atom stereocenters. The van der Waals surface area contributed by atoms with Gasteiger partial charge in [-0.1, -0.05) is 6.07 Å². The Labute approximate surface area is 76.5 Å². The maximum Gasteiger partial charge on any atom is 0.0850 e. The molecular formula is C11H11NO. The molecule has 1 saturated heterocycles. The van der Waals surface area contributed by atoms with Crippen molar-refractivity contribution in [3.05, 3.63) is 36.0 Å². The largest absolute Gasteiger partial charge is 0.373 e. The van der Waals surface area contributed by atoms with Crippen LogP contribution in [0.15, 0.2) is 30.5 Å². The number of ether oxygens (including phenoxy) is 1. The van der Waals surface area contributed by atoms with E-state index in [0.29, 0.717) is 6.10 Å². The zero-order valence-corrected chi connectivity index (χ0v) is 7.29. The van der Waals surface area contributed by atoms with Gasteiger partial charge >= 0.3 is 0 Å². The van der Waals surface area contributed by atoms with Crippen molar-refractivity contribution in [2.75, 3.05) is 6.61 Å². The van der Waals surface area contributed by atoms with Crippen molar-refractivity contribution >= 4 is 10.9 Å². The van der Waals surface area contributed by atoms with Crippen molar-refractivity contribution in [1.29, 1.82) is 0 Å². The molecule has 0 radical (unpaired) electrons. The Hall–Kier alpha value is -1.28. The smallest absolute Gasteiger partial charge is 0.0850 e. The average Bonchev–Trinajstić information content (AvgIpc) is 2.83. The van der Waals surface area contributed by atoms with E-state index in [9.17, 15) is 0 Å². The Bertz CT molecular complexity index is 428. The first-order valence-electron chi connectivity index (χ1n) is 4.59. The maximum atomic E-state index is 5.20. The van der Waals surface area contributed by atoms with E-state index in [0.717, 1.165) is 13.0 Å². The van der Waals surface area contributed by atoms with Gasteiger partial charge in [-0.15, -0.1) is 0 Å². The molecule has 0 saturated carbocycles. The van der Waals surface area contributed by atoms with E-state index in [2.05, 4.69) is 29.2 Å². The number of benzene rings is 1. The van der Waals surface area contributed by atoms with Gasteiger partial charge in [0.2, 0.25) is 0 Å². The third-order valence-corrected chi connectivity index (χ3v) is 2.48. The number of fused-ring (bicyclic) bond motifs is 1. The SMILES string of the molecule is c1cc2cc(CC3CO3)ccc2[nH]1. The summed E-state index contributed by atoms with van der Waals surface area (Å²) >= 11 is 0. The van der Waals surface area contributed by atoms with Crippen LogP contribution in [0, 0.1) is 0 Å². The van der Waals surface area contributed by atoms with Crippen molar-refractivity contribution in [1.82, 2.24) is 4.98 Å².